The van der Waals surface area contributed by atoms with E-state index in [1.54, 1.807) is 0 Å². The second-order valence-corrected chi connectivity index (χ2v) is 5.21. The second kappa shape index (κ2) is 4.98. The summed E-state index contributed by atoms with van der Waals surface area (Å²) in [5, 5.41) is 0. The summed E-state index contributed by atoms with van der Waals surface area (Å²) in [4.78, 5) is 2.52. The van der Waals surface area contributed by atoms with Crippen LogP contribution in [-0.2, 0) is 6.54 Å². The van der Waals surface area contributed by atoms with Gasteiger partial charge in [-0.15, -0.1) is 0 Å². The molecule has 1 heterocycles. The zero-order valence-corrected chi connectivity index (χ0v) is 10.3. The standard InChI is InChI=1S/C14H22N2/c1-11-8-16(9-12(2)14(11)15)10-13-6-4-3-5-7-13/h3-7,11-12,14H,8-10,15H2,1-2H3/t11-,12+,14?. The van der Waals surface area contributed by atoms with Crippen molar-refractivity contribution < 1.29 is 0 Å². The minimum Gasteiger partial charge on any atom is -0.327 e. The van der Waals surface area contributed by atoms with Crippen LogP contribution in [0.25, 0.3) is 0 Å². The Morgan fingerprint density at radius 3 is 2.25 bits per heavy atom. The Labute approximate surface area is 98.4 Å². The number of hydrogen-bond acceptors (Lipinski definition) is 2. The molecule has 1 aromatic carbocycles. The van der Waals surface area contributed by atoms with E-state index >= 15 is 0 Å². The molecule has 0 aromatic heterocycles. The smallest absolute Gasteiger partial charge is 0.0233 e. The number of likely N-dealkylation sites (tertiary alicyclic amines) is 1. The van der Waals surface area contributed by atoms with Crippen LogP contribution in [0.15, 0.2) is 30.3 Å². The summed E-state index contributed by atoms with van der Waals surface area (Å²) in [6.07, 6.45) is 0. The minimum atomic E-state index is 0.368. The Morgan fingerprint density at radius 1 is 1.12 bits per heavy atom. The van der Waals surface area contributed by atoms with Gasteiger partial charge in [0.25, 0.3) is 0 Å². The van der Waals surface area contributed by atoms with E-state index in [4.69, 9.17) is 5.73 Å². The molecule has 1 saturated heterocycles. The van der Waals surface area contributed by atoms with Gasteiger partial charge in [0, 0.05) is 25.7 Å². The highest BCUT2D eigenvalue weighted by molar-refractivity contribution is 5.14. The molecule has 1 aliphatic heterocycles. The Hall–Kier alpha value is -0.860. The number of nitrogens with zero attached hydrogens (tertiary/aromatic N) is 1. The molecule has 3 atom stereocenters. The van der Waals surface area contributed by atoms with Gasteiger partial charge in [-0.05, 0) is 17.4 Å². The molecule has 1 aliphatic rings. The highest BCUT2D eigenvalue weighted by atomic mass is 15.1. The van der Waals surface area contributed by atoms with E-state index in [0.717, 1.165) is 19.6 Å². The summed E-state index contributed by atoms with van der Waals surface area (Å²) >= 11 is 0. The van der Waals surface area contributed by atoms with E-state index in [1.165, 1.54) is 5.56 Å². The van der Waals surface area contributed by atoms with E-state index < -0.39 is 0 Å². The lowest BCUT2D eigenvalue weighted by Gasteiger charge is -2.39. The Balaban J connectivity index is 1.97. The fourth-order valence-corrected chi connectivity index (χ4v) is 2.66. The zero-order valence-electron chi connectivity index (χ0n) is 10.3. The second-order valence-electron chi connectivity index (χ2n) is 5.21. The SMILES string of the molecule is C[C@@H]1CN(Cc2ccccc2)C[C@H](C)C1N. The van der Waals surface area contributed by atoms with Crippen LogP contribution in [0.4, 0.5) is 0 Å². The van der Waals surface area contributed by atoms with Crippen LogP contribution in [0.2, 0.25) is 0 Å². The molecule has 2 heteroatoms. The van der Waals surface area contributed by atoms with Crippen molar-refractivity contribution in [2.45, 2.75) is 26.4 Å². The molecular weight excluding hydrogens is 196 g/mol. The average Bonchev–Trinajstić information content (AvgIpc) is 2.27. The molecule has 2 rings (SSSR count). The lowest BCUT2D eigenvalue weighted by atomic mass is 9.86. The van der Waals surface area contributed by atoms with Crippen LogP contribution in [-0.4, -0.2) is 24.0 Å². The van der Waals surface area contributed by atoms with Crippen LogP contribution in [0.1, 0.15) is 19.4 Å². The van der Waals surface area contributed by atoms with Crippen molar-refractivity contribution in [3.8, 4) is 0 Å². The Morgan fingerprint density at radius 2 is 1.69 bits per heavy atom. The van der Waals surface area contributed by atoms with Gasteiger partial charge in [0.15, 0.2) is 0 Å². The van der Waals surface area contributed by atoms with E-state index in [0.29, 0.717) is 17.9 Å². The van der Waals surface area contributed by atoms with Crippen LogP contribution >= 0.6 is 0 Å². The zero-order chi connectivity index (χ0) is 11.5. The van der Waals surface area contributed by atoms with Crippen molar-refractivity contribution in [1.29, 1.82) is 0 Å². The molecule has 1 unspecified atom stereocenters. The quantitative estimate of drug-likeness (QED) is 0.823. The molecule has 2 N–H and O–H groups in total. The number of hydrogen-bond donors (Lipinski definition) is 1. The average molecular weight is 218 g/mol. The normalized spacial score (nSPS) is 31.6. The first kappa shape index (κ1) is 11.6. The maximum absolute atomic E-state index is 6.15. The van der Waals surface area contributed by atoms with E-state index in [1.807, 2.05) is 0 Å². The third kappa shape index (κ3) is 2.63. The van der Waals surface area contributed by atoms with Gasteiger partial charge in [0.1, 0.15) is 0 Å². The monoisotopic (exact) mass is 218 g/mol. The molecule has 88 valence electrons. The molecule has 0 aliphatic carbocycles. The van der Waals surface area contributed by atoms with Crippen LogP contribution in [0, 0.1) is 11.8 Å². The largest absolute Gasteiger partial charge is 0.327 e. The lowest BCUT2D eigenvalue weighted by molar-refractivity contribution is 0.113. The summed E-state index contributed by atoms with van der Waals surface area (Å²) in [6.45, 7) is 7.83. The third-order valence-corrected chi connectivity index (χ3v) is 3.66. The van der Waals surface area contributed by atoms with Crippen molar-refractivity contribution in [2.24, 2.45) is 17.6 Å². The molecule has 0 radical (unpaired) electrons. The predicted octanol–water partition coefficient (Wildman–Crippen LogP) is 2.10. The molecule has 0 bridgehead atoms. The van der Waals surface area contributed by atoms with Crippen molar-refractivity contribution in [2.75, 3.05) is 13.1 Å². The summed E-state index contributed by atoms with van der Waals surface area (Å²) in [5.74, 6) is 1.21. The maximum Gasteiger partial charge on any atom is 0.0233 e. The van der Waals surface area contributed by atoms with Gasteiger partial charge in [-0.3, -0.25) is 4.90 Å². The summed E-state index contributed by atoms with van der Waals surface area (Å²) in [7, 11) is 0. The molecule has 1 fully saturated rings. The molecule has 1 aromatic rings. The fraction of sp³-hybridized carbons (Fsp3) is 0.571. The minimum absolute atomic E-state index is 0.368. The van der Waals surface area contributed by atoms with Crippen molar-refractivity contribution in [3.63, 3.8) is 0 Å². The maximum atomic E-state index is 6.15. The molecule has 2 nitrogen and oxygen atoms in total. The lowest BCUT2D eigenvalue weighted by Crippen LogP contribution is -2.50. The fourth-order valence-electron chi connectivity index (χ4n) is 2.66. The first-order valence-electron chi connectivity index (χ1n) is 6.18. The topological polar surface area (TPSA) is 29.3 Å². The van der Waals surface area contributed by atoms with E-state index in [2.05, 4.69) is 49.1 Å². The first-order valence-corrected chi connectivity index (χ1v) is 6.18. The van der Waals surface area contributed by atoms with Crippen molar-refractivity contribution in [3.05, 3.63) is 35.9 Å². The number of nitrogens with two attached hydrogens (primary N) is 1. The highest BCUT2D eigenvalue weighted by Gasteiger charge is 2.28. The molecule has 0 saturated carbocycles. The number of benzene rings is 1. The number of rotatable bonds is 2. The van der Waals surface area contributed by atoms with Crippen LogP contribution in [0.3, 0.4) is 0 Å². The van der Waals surface area contributed by atoms with Gasteiger partial charge in [0.2, 0.25) is 0 Å². The van der Waals surface area contributed by atoms with Crippen LogP contribution < -0.4 is 5.73 Å². The van der Waals surface area contributed by atoms with Gasteiger partial charge in [-0.1, -0.05) is 44.2 Å². The first-order chi connectivity index (χ1) is 7.66. The van der Waals surface area contributed by atoms with E-state index in [-0.39, 0.29) is 0 Å². The van der Waals surface area contributed by atoms with Gasteiger partial charge < -0.3 is 5.73 Å². The molecular formula is C14H22N2. The third-order valence-electron chi connectivity index (χ3n) is 3.66. The Kier molecular flexibility index (Phi) is 3.62. The summed E-state index contributed by atoms with van der Waals surface area (Å²) in [6, 6.07) is 11.1. The summed E-state index contributed by atoms with van der Waals surface area (Å²) in [5.41, 5.74) is 7.55. The Bertz CT molecular complexity index is 311. The number of piperidine rings is 1. The van der Waals surface area contributed by atoms with Gasteiger partial charge >= 0.3 is 0 Å². The molecule has 16 heavy (non-hydrogen) atoms. The van der Waals surface area contributed by atoms with Crippen molar-refractivity contribution >= 4 is 0 Å². The molecule has 0 amide bonds. The van der Waals surface area contributed by atoms with E-state index in [9.17, 15) is 0 Å². The highest BCUT2D eigenvalue weighted by Crippen LogP contribution is 2.21. The molecule has 0 spiro atoms. The van der Waals surface area contributed by atoms with Crippen LogP contribution in [0.5, 0.6) is 0 Å². The predicted molar refractivity (Wildman–Crippen MR) is 68.0 cm³/mol. The van der Waals surface area contributed by atoms with Gasteiger partial charge in [-0.2, -0.15) is 0 Å². The van der Waals surface area contributed by atoms with Crippen molar-refractivity contribution in [1.82, 2.24) is 4.90 Å². The van der Waals surface area contributed by atoms with Gasteiger partial charge in [-0.25, -0.2) is 0 Å². The van der Waals surface area contributed by atoms with Gasteiger partial charge in [0.05, 0.1) is 0 Å². The summed E-state index contributed by atoms with van der Waals surface area (Å²) < 4.78 is 0.